The van der Waals surface area contributed by atoms with E-state index < -0.39 is 6.03 Å². The Bertz CT molecular complexity index is 554. The zero-order valence-corrected chi connectivity index (χ0v) is 13.1. The molecule has 0 unspecified atom stereocenters. The average Bonchev–Trinajstić information content (AvgIpc) is 3.00. The van der Waals surface area contributed by atoms with Crippen LogP contribution in [0.1, 0.15) is 30.5 Å². The van der Waals surface area contributed by atoms with Gasteiger partial charge in [0.05, 0.1) is 23.8 Å². The van der Waals surface area contributed by atoms with Crippen LogP contribution in [0.2, 0.25) is 0 Å². The van der Waals surface area contributed by atoms with E-state index in [2.05, 4.69) is 24.1 Å². The first-order valence-electron chi connectivity index (χ1n) is 6.65. The van der Waals surface area contributed by atoms with E-state index in [-0.39, 0.29) is 24.9 Å². The number of aromatic nitrogens is 1. The second-order valence-corrected chi connectivity index (χ2v) is 6.11. The molecule has 0 aromatic carbocycles. The number of imide groups is 1. The van der Waals surface area contributed by atoms with Crippen LogP contribution in [0.15, 0.2) is 5.38 Å². The number of thiazole rings is 1. The van der Waals surface area contributed by atoms with Crippen LogP contribution in [0.5, 0.6) is 0 Å². The lowest BCUT2D eigenvalue weighted by molar-refractivity contribution is -0.135. The quantitative estimate of drug-likeness (QED) is 0.815. The van der Waals surface area contributed by atoms with Gasteiger partial charge >= 0.3 is 6.03 Å². The molecule has 1 saturated heterocycles. The first kappa shape index (κ1) is 15.4. The van der Waals surface area contributed by atoms with E-state index in [1.807, 2.05) is 5.38 Å². The van der Waals surface area contributed by atoms with Crippen LogP contribution in [0.3, 0.4) is 0 Å². The lowest BCUT2D eigenvalue weighted by Gasteiger charge is -2.19. The van der Waals surface area contributed by atoms with Crippen LogP contribution in [0.25, 0.3) is 0 Å². The Morgan fingerprint density at radius 3 is 2.76 bits per heavy atom. The molecule has 1 fully saturated rings. The summed E-state index contributed by atoms with van der Waals surface area (Å²) in [7, 11) is 1.63. The van der Waals surface area contributed by atoms with Crippen molar-refractivity contribution in [3.63, 3.8) is 0 Å². The van der Waals surface area contributed by atoms with Crippen molar-refractivity contribution < 1.29 is 14.4 Å². The minimum atomic E-state index is -0.516. The molecule has 0 radical (unpaired) electrons. The molecule has 2 heterocycles. The molecule has 21 heavy (non-hydrogen) atoms. The summed E-state index contributed by atoms with van der Waals surface area (Å²) in [6, 6.07) is -0.516. The highest BCUT2D eigenvalue weighted by molar-refractivity contribution is 7.09. The van der Waals surface area contributed by atoms with Gasteiger partial charge in [-0.3, -0.25) is 14.5 Å². The lowest BCUT2D eigenvalue weighted by Crippen LogP contribution is -2.41. The molecule has 1 aliphatic rings. The predicted octanol–water partition coefficient (Wildman–Crippen LogP) is 0.777. The van der Waals surface area contributed by atoms with Crippen LogP contribution in [-0.2, 0) is 16.1 Å². The number of carbonyl (C=O) groups is 3. The van der Waals surface area contributed by atoms with E-state index in [4.69, 9.17) is 0 Å². The summed E-state index contributed by atoms with van der Waals surface area (Å²) in [6.45, 7) is 4.22. The third kappa shape index (κ3) is 3.57. The minimum absolute atomic E-state index is 0.0420. The zero-order chi connectivity index (χ0) is 15.6. The van der Waals surface area contributed by atoms with Gasteiger partial charge in [-0.15, -0.1) is 11.3 Å². The third-order valence-corrected chi connectivity index (χ3v) is 4.31. The summed E-state index contributed by atoms with van der Waals surface area (Å²) < 4.78 is 0. The van der Waals surface area contributed by atoms with Crippen molar-refractivity contribution in [1.82, 2.24) is 20.1 Å². The molecule has 1 N–H and O–H groups in total. The van der Waals surface area contributed by atoms with E-state index in [0.29, 0.717) is 12.5 Å². The lowest BCUT2D eigenvalue weighted by atomic mass is 10.2. The molecule has 0 aliphatic carbocycles. The number of amides is 4. The Hall–Kier alpha value is -1.96. The van der Waals surface area contributed by atoms with Crippen molar-refractivity contribution in [1.29, 1.82) is 0 Å². The van der Waals surface area contributed by atoms with E-state index in [1.54, 1.807) is 18.4 Å². The molecule has 0 bridgehead atoms. The molecule has 114 valence electrons. The molecular weight excluding hydrogens is 292 g/mol. The fraction of sp³-hybridized carbons (Fsp3) is 0.538. The smallest absolute Gasteiger partial charge is 0.325 e. The SMILES string of the molecule is CC(C)c1nc(CN(C)C(=O)CN2C(=O)CNC2=O)cs1. The fourth-order valence-corrected chi connectivity index (χ4v) is 2.69. The van der Waals surface area contributed by atoms with Crippen LogP contribution < -0.4 is 5.32 Å². The summed E-state index contributed by atoms with van der Waals surface area (Å²) in [5, 5.41) is 5.34. The number of likely N-dealkylation sites (N-methyl/N-ethyl adjacent to an activating group) is 1. The van der Waals surface area contributed by atoms with Crippen molar-refractivity contribution >= 4 is 29.2 Å². The predicted molar refractivity (Wildman–Crippen MR) is 77.8 cm³/mol. The van der Waals surface area contributed by atoms with Crippen molar-refractivity contribution in [2.24, 2.45) is 0 Å². The van der Waals surface area contributed by atoms with E-state index in [0.717, 1.165) is 15.6 Å². The highest BCUT2D eigenvalue weighted by Gasteiger charge is 2.31. The van der Waals surface area contributed by atoms with Crippen LogP contribution in [0, 0.1) is 0 Å². The van der Waals surface area contributed by atoms with Gasteiger partial charge in [0.15, 0.2) is 0 Å². The number of rotatable bonds is 5. The summed E-state index contributed by atoms with van der Waals surface area (Å²) in [4.78, 5) is 41.8. The molecule has 0 atom stereocenters. The highest BCUT2D eigenvalue weighted by Crippen LogP contribution is 2.19. The van der Waals surface area contributed by atoms with Gasteiger partial charge in [-0.1, -0.05) is 13.8 Å². The number of urea groups is 1. The molecule has 7 nitrogen and oxygen atoms in total. The molecule has 4 amide bonds. The maximum absolute atomic E-state index is 12.1. The van der Waals surface area contributed by atoms with Gasteiger partial charge in [0.25, 0.3) is 5.91 Å². The molecule has 0 spiro atoms. The highest BCUT2D eigenvalue weighted by atomic mass is 32.1. The number of nitrogens with one attached hydrogen (secondary N) is 1. The molecule has 1 aliphatic heterocycles. The summed E-state index contributed by atoms with van der Waals surface area (Å²) >= 11 is 1.57. The number of carbonyl (C=O) groups excluding carboxylic acids is 3. The average molecular weight is 310 g/mol. The Morgan fingerprint density at radius 1 is 1.52 bits per heavy atom. The Morgan fingerprint density at radius 2 is 2.24 bits per heavy atom. The van der Waals surface area contributed by atoms with Crippen molar-refractivity contribution in [3.05, 3.63) is 16.1 Å². The van der Waals surface area contributed by atoms with Crippen molar-refractivity contribution in [2.75, 3.05) is 20.1 Å². The van der Waals surface area contributed by atoms with Gasteiger partial charge in [0.2, 0.25) is 5.91 Å². The van der Waals surface area contributed by atoms with Crippen LogP contribution >= 0.6 is 11.3 Å². The van der Waals surface area contributed by atoms with E-state index in [9.17, 15) is 14.4 Å². The third-order valence-electron chi connectivity index (χ3n) is 3.12. The zero-order valence-electron chi connectivity index (χ0n) is 12.3. The molecule has 1 aromatic rings. The first-order chi connectivity index (χ1) is 9.88. The summed E-state index contributed by atoms with van der Waals surface area (Å²) in [6.07, 6.45) is 0. The van der Waals surface area contributed by atoms with Gasteiger partial charge in [-0.2, -0.15) is 0 Å². The molecule has 1 aromatic heterocycles. The second-order valence-electron chi connectivity index (χ2n) is 5.22. The number of hydrogen-bond donors (Lipinski definition) is 1. The van der Waals surface area contributed by atoms with E-state index >= 15 is 0 Å². The number of hydrogen-bond acceptors (Lipinski definition) is 5. The molecular formula is C13H18N4O3S. The second kappa shape index (κ2) is 6.21. The van der Waals surface area contributed by atoms with Crippen LogP contribution in [-0.4, -0.2) is 52.8 Å². The number of nitrogens with zero attached hydrogens (tertiary/aromatic N) is 3. The summed E-state index contributed by atoms with van der Waals surface area (Å²) in [5.74, 6) is -0.312. The molecule has 2 rings (SSSR count). The maximum Gasteiger partial charge on any atom is 0.325 e. The van der Waals surface area contributed by atoms with E-state index in [1.165, 1.54) is 4.90 Å². The summed E-state index contributed by atoms with van der Waals surface area (Å²) in [5.41, 5.74) is 0.816. The van der Waals surface area contributed by atoms with Gasteiger partial charge in [-0.25, -0.2) is 9.78 Å². The van der Waals surface area contributed by atoms with Gasteiger partial charge < -0.3 is 10.2 Å². The maximum atomic E-state index is 12.1. The minimum Gasteiger partial charge on any atom is -0.338 e. The van der Waals surface area contributed by atoms with Gasteiger partial charge in [-0.05, 0) is 0 Å². The fourth-order valence-electron chi connectivity index (χ4n) is 1.86. The molecule has 0 saturated carbocycles. The first-order valence-corrected chi connectivity index (χ1v) is 7.53. The monoisotopic (exact) mass is 310 g/mol. The standard InChI is InChI=1S/C13H18N4O3S/c1-8(2)12-15-9(7-21-12)5-16(3)11(19)6-17-10(18)4-14-13(17)20/h7-8H,4-6H2,1-3H3,(H,14,20). The van der Waals surface area contributed by atoms with Crippen molar-refractivity contribution in [3.8, 4) is 0 Å². The van der Waals surface area contributed by atoms with Gasteiger partial charge in [0, 0.05) is 18.3 Å². The normalized spacial score (nSPS) is 14.8. The Labute approximate surface area is 126 Å². The Kier molecular flexibility index (Phi) is 4.56. The topological polar surface area (TPSA) is 82.6 Å². The van der Waals surface area contributed by atoms with Crippen LogP contribution in [0.4, 0.5) is 4.79 Å². The Balaban J connectivity index is 1.93. The largest absolute Gasteiger partial charge is 0.338 e. The van der Waals surface area contributed by atoms with Gasteiger partial charge in [0.1, 0.15) is 6.54 Å². The molecule has 8 heteroatoms. The van der Waals surface area contributed by atoms with Crippen molar-refractivity contribution in [2.45, 2.75) is 26.3 Å².